The molecule has 2 heterocycles. The lowest BCUT2D eigenvalue weighted by molar-refractivity contribution is 0.536. The average molecular weight is 497 g/mol. The Morgan fingerprint density at radius 2 is 0.667 bits per heavy atom. The number of unbranched alkanes of at least 4 members (excludes halogenated alkanes) is 14. The third kappa shape index (κ3) is 6.83. The molecular formula is C30H44N2O4. The van der Waals surface area contributed by atoms with Crippen molar-refractivity contribution in [3.8, 4) is 0 Å². The highest BCUT2D eigenvalue weighted by atomic mass is 16.2. The standard InChI is InChI=1S/C30H44N2O4/c1-3-5-7-9-11-13-15-17-19-31-27(33)23-21-25-26(22-24(23)28(31)34)30(36)32(29(25)35)20-18-16-14-12-10-8-6-4-2/h21-22H,3-20H2,1-2H3. The van der Waals surface area contributed by atoms with Gasteiger partial charge in [-0.25, -0.2) is 0 Å². The zero-order chi connectivity index (χ0) is 25.9. The smallest absolute Gasteiger partial charge is 0.261 e. The van der Waals surface area contributed by atoms with E-state index >= 15 is 0 Å². The van der Waals surface area contributed by atoms with E-state index in [0.29, 0.717) is 13.1 Å². The lowest BCUT2D eigenvalue weighted by atomic mass is 10.1. The minimum Gasteiger partial charge on any atom is -0.274 e. The summed E-state index contributed by atoms with van der Waals surface area (Å²) in [7, 11) is 0. The van der Waals surface area contributed by atoms with E-state index in [2.05, 4.69) is 13.8 Å². The second-order valence-corrected chi connectivity index (χ2v) is 10.4. The summed E-state index contributed by atoms with van der Waals surface area (Å²) in [5.74, 6) is 0. The van der Waals surface area contributed by atoms with E-state index in [-0.39, 0.29) is 43.8 Å². The number of fused-ring (bicyclic) bond motifs is 2. The second kappa shape index (κ2) is 14.3. The topological polar surface area (TPSA) is 78.1 Å². The number of rotatable bonds is 18. The highest BCUT2D eigenvalue weighted by molar-refractivity contribution is 5.97. The largest absolute Gasteiger partial charge is 0.274 e. The lowest BCUT2D eigenvalue weighted by Gasteiger charge is -2.02. The quantitative estimate of drug-likeness (QED) is 0.197. The molecule has 36 heavy (non-hydrogen) atoms. The summed E-state index contributed by atoms with van der Waals surface area (Å²) in [5.41, 5.74) is -1.38. The SMILES string of the molecule is CCCCCCCCCCn1c(=O)c2cc3c(=O)n(CCCCCCCCCC)c(=O)c3cc2c1=O. The van der Waals surface area contributed by atoms with E-state index in [9.17, 15) is 19.2 Å². The van der Waals surface area contributed by atoms with Crippen LogP contribution in [0.2, 0.25) is 0 Å². The summed E-state index contributed by atoms with van der Waals surface area (Å²) in [6, 6.07) is 2.96. The molecule has 3 aromatic rings. The van der Waals surface area contributed by atoms with Crippen molar-refractivity contribution in [2.45, 2.75) is 130 Å². The Balaban J connectivity index is 1.64. The van der Waals surface area contributed by atoms with Gasteiger partial charge in [-0.15, -0.1) is 0 Å². The van der Waals surface area contributed by atoms with Crippen LogP contribution in [-0.2, 0) is 13.1 Å². The highest BCUT2D eigenvalue weighted by Crippen LogP contribution is 2.16. The number of hydrogen-bond acceptors (Lipinski definition) is 4. The number of nitrogens with zero attached hydrogens (tertiary/aromatic N) is 2. The van der Waals surface area contributed by atoms with Crippen molar-refractivity contribution in [1.29, 1.82) is 0 Å². The number of aromatic nitrogens is 2. The van der Waals surface area contributed by atoms with E-state index in [4.69, 9.17) is 0 Å². The van der Waals surface area contributed by atoms with Gasteiger partial charge < -0.3 is 0 Å². The molecule has 0 spiro atoms. The molecule has 0 unspecified atom stereocenters. The second-order valence-electron chi connectivity index (χ2n) is 10.4. The predicted molar refractivity (Wildman–Crippen MR) is 150 cm³/mol. The molecule has 0 aliphatic rings. The molecule has 0 atom stereocenters. The summed E-state index contributed by atoms with van der Waals surface area (Å²) < 4.78 is 2.56. The third-order valence-corrected chi connectivity index (χ3v) is 7.53. The molecular weight excluding hydrogens is 452 g/mol. The third-order valence-electron chi connectivity index (χ3n) is 7.53. The van der Waals surface area contributed by atoms with E-state index in [1.165, 1.54) is 85.5 Å². The Morgan fingerprint density at radius 1 is 0.417 bits per heavy atom. The van der Waals surface area contributed by atoms with Gasteiger partial charge in [0.2, 0.25) is 0 Å². The fourth-order valence-electron chi connectivity index (χ4n) is 5.29. The zero-order valence-corrected chi connectivity index (χ0v) is 22.4. The van der Waals surface area contributed by atoms with Crippen molar-refractivity contribution >= 4 is 21.5 Å². The number of hydrogen-bond donors (Lipinski definition) is 0. The Morgan fingerprint density at radius 3 is 0.944 bits per heavy atom. The highest BCUT2D eigenvalue weighted by Gasteiger charge is 2.19. The maximum absolute atomic E-state index is 12.9. The maximum Gasteiger partial charge on any atom is 0.261 e. The molecule has 0 radical (unpaired) electrons. The monoisotopic (exact) mass is 496 g/mol. The molecule has 3 rings (SSSR count). The molecule has 6 nitrogen and oxygen atoms in total. The van der Waals surface area contributed by atoms with Crippen molar-refractivity contribution in [3.05, 3.63) is 53.5 Å². The van der Waals surface area contributed by atoms with Crippen LogP contribution >= 0.6 is 0 Å². The van der Waals surface area contributed by atoms with Crippen molar-refractivity contribution in [3.63, 3.8) is 0 Å². The molecule has 1 aromatic carbocycles. The van der Waals surface area contributed by atoms with Gasteiger partial charge in [0.25, 0.3) is 22.2 Å². The molecule has 0 fully saturated rings. The van der Waals surface area contributed by atoms with Crippen LogP contribution in [0.3, 0.4) is 0 Å². The van der Waals surface area contributed by atoms with Gasteiger partial charge in [0.05, 0.1) is 21.5 Å². The molecule has 0 N–H and O–H groups in total. The van der Waals surface area contributed by atoms with Gasteiger partial charge in [0.15, 0.2) is 0 Å². The van der Waals surface area contributed by atoms with Gasteiger partial charge in [-0.2, -0.15) is 0 Å². The minimum atomic E-state index is -0.345. The van der Waals surface area contributed by atoms with Crippen LogP contribution in [0.5, 0.6) is 0 Å². The maximum atomic E-state index is 12.9. The molecule has 0 amide bonds. The van der Waals surface area contributed by atoms with Gasteiger partial charge in [-0.3, -0.25) is 28.3 Å². The van der Waals surface area contributed by atoms with Crippen molar-refractivity contribution < 1.29 is 0 Å². The average Bonchev–Trinajstić information content (AvgIpc) is 3.25. The first-order chi connectivity index (χ1) is 17.5. The van der Waals surface area contributed by atoms with E-state index in [0.717, 1.165) is 38.5 Å². The normalized spacial score (nSPS) is 11.8. The first-order valence-electron chi connectivity index (χ1n) is 14.4. The Kier molecular flexibility index (Phi) is 11.1. The zero-order valence-electron chi connectivity index (χ0n) is 22.4. The van der Waals surface area contributed by atoms with E-state index in [1.807, 2.05) is 0 Å². The van der Waals surface area contributed by atoms with Crippen LogP contribution in [0.15, 0.2) is 31.3 Å². The number of benzene rings is 1. The van der Waals surface area contributed by atoms with E-state index in [1.54, 1.807) is 0 Å². The first-order valence-corrected chi connectivity index (χ1v) is 14.4. The molecule has 0 aliphatic carbocycles. The lowest BCUT2D eigenvalue weighted by Crippen LogP contribution is -2.26. The molecule has 2 aromatic heterocycles. The van der Waals surface area contributed by atoms with Gasteiger partial charge in [0.1, 0.15) is 0 Å². The molecule has 0 saturated heterocycles. The van der Waals surface area contributed by atoms with Crippen LogP contribution in [0, 0.1) is 0 Å². The summed E-state index contributed by atoms with van der Waals surface area (Å²) in [5, 5.41) is 1.03. The summed E-state index contributed by atoms with van der Waals surface area (Å²) in [4.78, 5) is 51.8. The molecule has 0 bridgehead atoms. The van der Waals surface area contributed by atoms with Gasteiger partial charge in [-0.05, 0) is 25.0 Å². The van der Waals surface area contributed by atoms with Crippen molar-refractivity contribution in [2.24, 2.45) is 0 Å². The van der Waals surface area contributed by atoms with E-state index < -0.39 is 0 Å². The van der Waals surface area contributed by atoms with Crippen molar-refractivity contribution in [1.82, 2.24) is 9.13 Å². The van der Waals surface area contributed by atoms with Gasteiger partial charge in [0, 0.05) is 13.1 Å². The van der Waals surface area contributed by atoms with Crippen molar-refractivity contribution in [2.75, 3.05) is 0 Å². The van der Waals surface area contributed by atoms with Gasteiger partial charge >= 0.3 is 0 Å². The molecule has 0 saturated carbocycles. The van der Waals surface area contributed by atoms with Crippen LogP contribution in [0.1, 0.15) is 117 Å². The van der Waals surface area contributed by atoms with Crippen LogP contribution < -0.4 is 22.2 Å². The van der Waals surface area contributed by atoms with Gasteiger partial charge in [-0.1, -0.05) is 104 Å². The fourth-order valence-corrected chi connectivity index (χ4v) is 5.29. The fraction of sp³-hybridized carbons (Fsp3) is 0.667. The molecule has 198 valence electrons. The summed E-state index contributed by atoms with van der Waals surface area (Å²) in [6.07, 6.45) is 18.2. The predicted octanol–water partition coefficient (Wildman–Crippen LogP) is 6.19. The summed E-state index contributed by atoms with van der Waals surface area (Å²) in [6.45, 7) is 5.18. The van der Waals surface area contributed by atoms with Crippen LogP contribution in [0.25, 0.3) is 21.5 Å². The Bertz CT molecular complexity index is 1130. The first kappa shape index (κ1) is 28.1. The van der Waals surface area contributed by atoms with Crippen LogP contribution in [-0.4, -0.2) is 9.13 Å². The Hall–Kier alpha value is -2.50. The molecule has 0 aliphatic heterocycles. The minimum absolute atomic E-state index is 0.258. The Labute approximate surface area is 214 Å². The van der Waals surface area contributed by atoms with Crippen LogP contribution in [0.4, 0.5) is 0 Å². The molecule has 6 heteroatoms. The summed E-state index contributed by atoms with van der Waals surface area (Å²) >= 11 is 0.